The van der Waals surface area contributed by atoms with Gasteiger partial charge in [0.15, 0.2) is 5.78 Å². The predicted octanol–water partition coefficient (Wildman–Crippen LogP) is 2.28. The number of allylic oxidation sites excluding steroid dienone is 1. The Bertz CT molecular complexity index is 242. The van der Waals surface area contributed by atoms with Crippen LogP contribution in [0.25, 0.3) is 0 Å². The largest absolute Gasteiger partial charge is 0.299 e. The molecule has 0 amide bonds. The smallest absolute Gasteiger partial charge is 0.155 e. The fourth-order valence-electron chi connectivity index (χ4n) is 1.85. The second-order valence-electron chi connectivity index (χ2n) is 4.01. The number of carbonyl (C=O) groups excluding carboxylic acids is 2. The molecule has 0 spiro atoms. The molecule has 2 nitrogen and oxygen atoms in total. The maximum atomic E-state index is 11.5. The van der Waals surface area contributed by atoms with E-state index in [1.54, 1.807) is 0 Å². The summed E-state index contributed by atoms with van der Waals surface area (Å²) in [6.45, 7) is 5.38. The van der Waals surface area contributed by atoms with Crippen LogP contribution in [-0.4, -0.2) is 11.6 Å². The summed E-state index contributed by atoms with van der Waals surface area (Å²) >= 11 is 0. The summed E-state index contributed by atoms with van der Waals surface area (Å²) in [5.41, 5.74) is -0.224. The number of hydrogen-bond donors (Lipinski definition) is 0. The van der Waals surface area contributed by atoms with Crippen molar-refractivity contribution in [1.82, 2.24) is 0 Å². The van der Waals surface area contributed by atoms with Gasteiger partial charge in [0, 0.05) is 18.3 Å². The molecule has 2 heteroatoms. The zero-order valence-corrected chi connectivity index (χ0v) is 8.14. The van der Waals surface area contributed by atoms with Crippen LogP contribution in [0, 0.1) is 5.41 Å². The molecule has 1 saturated carbocycles. The van der Waals surface area contributed by atoms with E-state index in [-0.39, 0.29) is 11.2 Å². The van der Waals surface area contributed by atoms with Crippen LogP contribution in [0.4, 0.5) is 0 Å². The third-order valence-corrected chi connectivity index (χ3v) is 2.96. The molecule has 0 N–H and O–H groups in total. The molecular weight excluding hydrogens is 164 g/mol. The first-order valence-electron chi connectivity index (χ1n) is 4.77. The van der Waals surface area contributed by atoms with Crippen LogP contribution in [0.5, 0.6) is 0 Å². The standard InChI is InChI=1S/C11H16O2/c1-3-9(12)6-8-11(2)7-4-5-10(11)13/h3H,1,4-8H2,2H3/t11-/m1/s1. The summed E-state index contributed by atoms with van der Waals surface area (Å²) in [6.07, 6.45) is 5.11. The highest BCUT2D eigenvalue weighted by atomic mass is 16.1. The Labute approximate surface area is 79.0 Å². The van der Waals surface area contributed by atoms with Gasteiger partial charge in [0.25, 0.3) is 0 Å². The van der Waals surface area contributed by atoms with E-state index in [2.05, 4.69) is 6.58 Å². The van der Waals surface area contributed by atoms with E-state index in [1.807, 2.05) is 6.92 Å². The summed E-state index contributed by atoms with van der Waals surface area (Å²) < 4.78 is 0. The number of hydrogen-bond acceptors (Lipinski definition) is 2. The molecule has 0 bridgehead atoms. The Kier molecular flexibility index (Phi) is 3.02. The predicted molar refractivity (Wildman–Crippen MR) is 51.4 cm³/mol. The van der Waals surface area contributed by atoms with Crippen molar-refractivity contribution in [3.05, 3.63) is 12.7 Å². The van der Waals surface area contributed by atoms with Gasteiger partial charge in [-0.2, -0.15) is 0 Å². The maximum absolute atomic E-state index is 11.5. The molecular formula is C11H16O2. The molecule has 0 radical (unpaired) electrons. The second kappa shape index (κ2) is 3.86. The van der Waals surface area contributed by atoms with E-state index in [9.17, 15) is 9.59 Å². The fraction of sp³-hybridized carbons (Fsp3) is 0.636. The van der Waals surface area contributed by atoms with Crippen LogP contribution in [0.2, 0.25) is 0 Å². The lowest BCUT2D eigenvalue weighted by Crippen LogP contribution is -2.22. The average molecular weight is 180 g/mol. The minimum Gasteiger partial charge on any atom is -0.299 e. The number of ketones is 2. The van der Waals surface area contributed by atoms with Gasteiger partial charge in [-0.3, -0.25) is 9.59 Å². The topological polar surface area (TPSA) is 34.1 Å². The van der Waals surface area contributed by atoms with Gasteiger partial charge < -0.3 is 0 Å². The van der Waals surface area contributed by atoms with Crippen LogP contribution in [-0.2, 0) is 9.59 Å². The molecule has 0 aromatic heterocycles. The van der Waals surface area contributed by atoms with Crippen LogP contribution < -0.4 is 0 Å². The number of Topliss-reactive ketones (excluding diaryl/α,β-unsaturated/α-hetero) is 1. The summed E-state index contributed by atoms with van der Waals surface area (Å²) in [5.74, 6) is 0.366. The summed E-state index contributed by atoms with van der Waals surface area (Å²) in [4.78, 5) is 22.4. The lowest BCUT2D eigenvalue weighted by atomic mass is 9.82. The molecule has 72 valence electrons. The van der Waals surface area contributed by atoms with E-state index in [1.165, 1.54) is 6.08 Å². The van der Waals surface area contributed by atoms with E-state index >= 15 is 0 Å². The van der Waals surface area contributed by atoms with Crippen molar-refractivity contribution in [1.29, 1.82) is 0 Å². The zero-order chi connectivity index (χ0) is 9.90. The van der Waals surface area contributed by atoms with Crippen LogP contribution in [0.15, 0.2) is 12.7 Å². The van der Waals surface area contributed by atoms with Gasteiger partial charge in [-0.15, -0.1) is 0 Å². The van der Waals surface area contributed by atoms with Crippen molar-refractivity contribution in [3.8, 4) is 0 Å². The Morgan fingerprint density at radius 2 is 2.38 bits per heavy atom. The number of rotatable bonds is 4. The van der Waals surface area contributed by atoms with E-state index in [0.29, 0.717) is 25.0 Å². The summed E-state index contributed by atoms with van der Waals surface area (Å²) in [5, 5.41) is 0. The molecule has 1 aliphatic rings. The van der Waals surface area contributed by atoms with E-state index < -0.39 is 0 Å². The summed E-state index contributed by atoms with van der Waals surface area (Å²) in [6, 6.07) is 0. The first-order valence-corrected chi connectivity index (χ1v) is 4.77. The van der Waals surface area contributed by atoms with Crippen LogP contribution in [0.3, 0.4) is 0 Å². The van der Waals surface area contributed by atoms with Gasteiger partial charge in [-0.05, 0) is 25.3 Å². The van der Waals surface area contributed by atoms with Gasteiger partial charge in [-0.25, -0.2) is 0 Å². The number of carbonyl (C=O) groups is 2. The highest BCUT2D eigenvalue weighted by molar-refractivity contribution is 5.91. The molecule has 1 fully saturated rings. The lowest BCUT2D eigenvalue weighted by Gasteiger charge is -2.20. The van der Waals surface area contributed by atoms with Crippen molar-refractivity contribution in [2.75, 3.05) is 0 Å². The molecule has 0 aromatic rings. The highest BCUT2D eigenvalue weighted by Gasteiger charge is 2.36. The van der Waals surface area contributed by atoms with Crippen molar-refractivity contribution in [3.63, 3.8) is 0 Å². The molecule has 13 heavy (non-hydrogen) atoms. The fourth-order valence-corrected chi connectivity index (χ4v) is 1.85. The van der Waals surface area contributed by atoms with Gasteiger partial charge in [0.1, 0.15) is 5.78 Å². The van der Waals surface area contributed by atoms with Gasteiger partial charge in [-0.1, -0.05) is 13.5 Å². The Morgan fingerprint density at radius 1 is 1.69 bits per heavy atom. The van der Waals surface area contributed by atoms with E-state index in [4.69, 9.17) is 0 Å². The third-order valence-electron chi connectivity index (χ3n) is 2.96. The van der Waals surface area contributed by atoms with Gasteiger partial charge in [0.2, 0.25) is 0 Å². The molecule has 0 aliphatic heterocycles. The quantitative estimate of drug-likeness (QED) is 0.622. The summed E-state index contributed by atoms with van der Waals surface area (Å²) in [7, 11) is 0. The molecule has 1 rings (SSSR count). The third kappa shape index (κ3) is 2.27. The SMILES string of the molecule is C=CC(=O)CC[C@@]1(C)CCCC1=O. The monoisotopic (exact) mass is 180 g/mol. The molecule has 0 heterocycles. The molecule has 0 aromatic carbocycles. The average Bonchev–Trinajstić information content (AvgIpc) is 2.44. The van der Waals surface area contributed by atoms with Crippen LogP contribution >= 0.6 is 0 Å². The van der Waals surface area contributed by atoms with Crippen LogP contribution in [0.1, 0.15) is 39.0 Å². The van der Waals surface area contributed by atoms with Crippen molar-refractivity contribution in [2.45, 2.75) is 39.0 Å². The first kappa shape index (κ1) is 10.2. The minimum absolute atomic E-state index is 0.0425. The normalized spacial score (nSPS) is 27.6. The Hall–Kier alpha value is -0.920. The van der Waals surface area contributed by atoms with E-state index in [0.717, 1.165) is 12.8 Å². The highest BCUT2D eigenvalue weighted by Crippen LogP contribution is 2.38. The van der Waals surface area contributed by atoms with Crippen molar-refractivity contribution < 1.29 is 9.59 Å². The second-order valence-corrected chi connectivity index (χ2v) is 4.01. The Balaban J connectivity index is 2.47. The minimum atomic E-state index is -0.224. The first-order chi connectivity index (χ1) is 6.08. The van der Waals surface area contributed by atoms with Crippen molar-refractivity contribution >= 4 is 11.6 Å². The lowest BCUT2D eigenvalue weighted by molar-refractivity contribution is -0.125. The van der Waals surface area contributed by atoms with Gasteiger partial charge >= 0.3 is 0 Å². The molecule has 1 aliphatic carbocycles. The molecule has 1 atom stereocenters. The molecule has 0 unspecified atom stereocenters. The zero-order valence-electron chi connectivity index (χ0n) is 8.14. The Morgan fingerprint density at radius 3 is 2.85 bits per heavy atom. The van der Waals surface area contributed by atoms with Crippen molar-refractivity contribution in [2.24, 2.45) is 5.41 Å². The maximum Gasteiger partial charge on any atom is 0.155 e. The van der Waals surface area contributed by atoms with Gasteiger partial charge in [0.05, 0.1) is 0 Å². The molecule has 0 saturated heterocycles.